The number of nitrogens with zero attached hydrogens (tertiary/aromatic N) is 2. The molecule has 1 amide bonds. The summed E-state index contributed by atoms with van der Waals surface area (Å²) in [5, 5.41) is 6.94. The minimum absolute atomic E-state index is 0.0146. The molecule has 1 aromatic carbocycles. The van der Waals surface area contributed by atoms with Gasteiger partial charge in [0.25, 0.3) is 11.5 Å². The summed E-state index contributed by atoms with van der Waals surface area (Å²) in [6, 6.07) is 10.0. The molecular formula is C15H11ClN4O3. The topological polar surface area (TPSA) is 101 Å². The van der Waals surface area contributed by atoms with Gasteiger partial charge in [-0.2, -0.15) is 4.98 Å². The smallest absolute Gasteiger partial charge is 0.260 e. The minimum atomic E-state index is -0.519. The molecule has 7 nitrogen and oxygen atoms in total. The normalized spacial score (nSPS) is 10.5. The Morgan fingerprint density at radius 2 is 2.17 bits per heavy atom. The first kappa shape index (κ1) is 15.0. The number of halogens is 1. The van der Waals surface area contributed by atoms with E-state index in [1.807, 2.05) is 0 Å². The Morgan fingerprint density at radius 1 is 1.30 bits per heavy atom. The van der Waals surface area contributed by atoms with Crippen LogP contribution >= 0.6 is 11.6 Å². The van der Waals surface area contributed by atoms with Crippen LogP contribution in [0.3, 0.4) is 0 Å². The highest BCUT2D eigenvalue weighted by molar-refractivity contribution is 6.30. The average molecular weight is 331 g/mol. The lowest BCUT2D eigenvalue weighted by Gasteiger charge is -2.00. The monoisotopic (exact) mass is 330 g/mol. The second kappa shape index (κ2) is 6.45. The molecule has 0 unspecified atom stereocenters. The van der Waals surface area contributed by atoms with E-state index in [1.54, 1.807) is 30.3 Å². The summed E-state index contributed by atoms with van der Waals surface area (Å²) in [4.78, 5) is 30.0. The molecule has 0 bridgehead atoms. The van der Waals surface area contributed by atoms with Crippen molar-refractivity contribution < 1.29 is 9.32 Å². The lowest BCUT2D eigenvalue weighted by atomic mass is 10.2. The Bertz CT molecular complexity index is 903. The lowest BCUT2D eigenvalue weighted by Crippen LogP contribution is -2.28. The fraction of sp³-hybridized carbons (Fsp3) is 0.0667. The molecule has 3 rings (SSSR count). The van der Waals surface area contributed by atoms with Crippen LogP contribution in [0.5, 0.6) is 0 Å². The molecule has 116 valence electrons. The van der Waals surface area contributed by atoms with Crippen LogP contribution in [-0.2, 0) is 6.54 Å². The maximum Gasteiger partial charge on any atom is 0.260 e. The van der Waals surface area contributed by atoms with Crippen molar-refractivity contribution in [1.29, 1.82) is 0 Å². The van der Waals surface area contributed by atoms with Crippen LogP contribution < -0.4 is 10.9 Å². The van der Waals surface area contributed by atoms with E-state index in [2.05, 4.69) is 20.4 Å². The summed E-state index contributed by atoms with van der Waals surface area (Å²) in [5.41, 5.74) is 0.260. The number of rotatable bonds is 4. The van der Waals surface area contributed by atoms with E-state index in [4.69, 9.17) is 16.1 Å². The summed E-state index contributed by atoms with van der Waals surface area (Å²) in [5.74, 6) is 0.0735. The summed E-state index contributed by atoms with van der Waals surface area (Å²) in [7, 11) is 0. The molecule has 0 spiro atoms. The molecule has 2 N–H and O–H groups in total. The van der Waals surface area contributed by atoms with Crippen LogP contribution in [0.2, 0.25) is 5.02 Å². The van der Waals surface area contributed by atoms with Gasteiger partial charge in [-0.05, 0) is 24.3 Å². The molecule has 23 heavy (non-hydrogen) atoms. The second-order valence-corrected chi connectivity index (χ2v) is 5.05. The van der Waals surface area contributed by atoms with E-state index in [0.717, 1.165) is 0 Å². The van der Waals surface area contributed by atoms with Crippen molar-refractivity contribution in [3.8, 4) is 11.4 Å². The van der Waals surface area contributed by atoms with E-state index >= 15 is 0 Å². The largest absolute Gasteiger partial charge is 0.343 e. The average Bonchev–Trinajstić information content (AvgIpc) is 3.02. The third kappa shape index (κ3) is 3.46. The molecule has 0 aliphatic carbocycles. The third-order valence-corrected chi connectivity index (χ3v) is 3.25. The number of aromatic nitrogens is 3. The predicted octanol–water partition coefficient (Wildman–Crippen LogP) is 2.01. The number of benzene rings is 1. The van der Waals surface area contributed by atoms with Gasteiger partial charge in [-0.1, -0.05) is 28.9 Å². The zero-order chi connectivity index (χ0) is 16.2. The number of pyridine rings is 1. The van der Waals surface area contributed by atoms with Crippen molar-refractivity contribution >= 4 is 17.5 Å². The highest BCUT2D eigenvalue weighted by Gasteiger charge is 2.13. The summed E-state index contributed by atoms with van der Waals surface area (Å²) in [6.07, 6.45) is 1.45. The molecule has 3 aromatic rings. The predicted molar refractivity (Wildman–Crippen MR) is 83.0 cm³/mol. The van der Waals surface area contributed by atoms with Gasteiger partial charge in [-0.25, -0.2) is 0 Å². The molecule has 0 fully saturated rings. The van der Waals surface area contributed by atoms with Crippen molar-refractivity contribution in [3.63, 3.8) is 0 Å². The zero-order valence-corrected chi connectivity index (χ0v) is 12.5. The second-order valence-electron chi connectivity index (χ2n) is 4.62. The van der Waals surface area contributed by atoms with Gasteiger partial charge in [0.2, 0.25) is 11.7 Å². The number of hydrogen-bond donors (Lipinski definition) is 2. The molecule has 0 saturated carbocycles. The van der Waals surface area contributed by atoms with Gasteiger partial charge >= 0.3 is 0 Å². The van der Waals surface area contributed by atoms with Gasteiger partial charge in [0.15, 0.2) is 0 Å². The molecule has 0 atom stereocenters. The quantitative estimate of drug-likeness (QED) is 0.762. The van der Waals surface area contributed by atoms with Crippen molar-refractivity contribution in [2.75, 3.05) is 0 Å². The molecule has 8 heteroatoms. The summed E-state index contributed by atoms with van der Waals surface area (Å²) in [6.45, 7) is 0.0146. The standard InChI is InChI=1S/C15H11ClN4O3/c16-10-4-1-3-9(7-10)13-19-12(23-20-13)8-18-15(22)11-5-2-6-17-14(11)21/h1-7H,8H2,(H,17,21)(H,18,22). The molecule has 2 heterocycles. The van der Waals surface area contributed by atoms with Crippen LogP contribution in [-0.4, -0.2) is 21.0 Å². The Kier molecular flexibility index (Phi) is 4.20. The number of aromatic amines is 1. The molecular weight excluding hydrogens is 320 g/mol. The fourth-order valence-electron chi connectivity index (χ4n) is 1.92. The Morgan fingerprint density at radius 3 is 2.96 bits per heavy atom. The highest BCUT2D eigenvalue weighted by atomic mass is 35.5. The van der Waals surface area contributed by atoms with E-state index in [9.17, 15) is 9.59 Å². The van der Waals surface area contributed by atoms with Gasteiger partial charge in [-0.3, -0.25) is 9.59 Å². The van der Waals surface area contributed by atoms with Gasteiger partial charge in [-0.15, -0.1) is 0 Å². The van der Waals surface area contributed by atoms with E-state index in [0.29, 0.717) is 16.4 Å². The molecule has 0 aliphatic rings. The maximum absolute atomic E-state index is 11.9. The van der Waals surface area contributed by atoms with Crippen molar-refractivity contribution in [2.24, 2.45) is 0 Å². The van der Waals surface area contributed by atoms with Crippen LogP contribution in [0, 0.1) is 0 Å². The van der Waals surface area contributed by atoms with E-state index in [1.165, 1.54) is 12.3 Å². The third-order valence-electron chi connectivity index (χ3n) is 3.01. The summed E-state index contributed by atoms with van der Waals surface area (Å²) >= 11 is 5.91. The number of carbonyl (C=O) groups is 1. The van der Waals surface area contributed by atoms with Crippen LogP contribution in [0.1, 0.15) is 16.2 Å². The first-order valence-corrected chi connectivity index (χ1v) is 7.06. The first-order valence-electron chi connectivity index (χ1n) is 6.68. The molecule has 0 radical (unpaired) electrons. The van der Waals surface area contributed by atoms with Crippen molar-refractivity contribution in [3.05, 3.63) is 69.4 Å². The molecule has 0 saturated heterocycles. The van der Waals surface area contributed by atoms with Gasteiger partial charge in [0, 0.05) is 16.8 Å². The number of H-pyrrole nitrogens is 1. The number of hydrogen-bond acceptors (Lipinski definition) is 5. The van der Waals surface area contributed by atoms with Crippen LogP contribution in [0.4, 0.5) is 0 Å². The van der Waals surface area contributed by atoms with Crippen molar-refractivity contribution in [1.82, 2.24) is 20.4 Å². The van der Waals surface area contributed by atoms with E-state index in [-0.39, 0.29) is 18.0 Å². The number of amides is 1. The lowest BCUT2D eigenvalue weighted by molar-refractivity contribution is 0.0944. The zero-order valence-electron chi connectivity index (χ0n) is 11.7. The number of nitrogens with one attached hydrogen (secondary N) is 2. The maximum atomic E-state index is 11.9. The minimum Gasteiger partial charge on any atom is -0.343 e. The van der Waals surface area contributed by atoms with Gasteiger partial charge in [0.05, 0.1) is 6.54 Å². The Labute approximate surface area is 135 Å². The van der Waals surface area contributed by atoms with Gasteiger partial charge in [0.1, 0.15) is 5.56 Å². The molecule has 2 aromatic heterocycles. The Hall–Kier alpha value is -2.93. The molecule has 0 aliphatic heterocycles. The highest BCUT2D eigenvalue weighted by Crippen LogP contribution is 2.19. The fourth-order valence-corrected chi connectivity index (χ4v) is 2.11. The first-order chi connectivity index (χ1) is 11.1. The van der Waals surface area contributed by atoms with Crippen molar-refractivity contribution in [2.45, 2.75) is 6.54 Å². The van der Waals surface area contributed by atoms with E-state index < -0.39 is 11.5 Å². The Balaban J connectivity index is 1.69. The number of carbonyl (C=O) groups excluding carboxylic acids is 1. The SMILES string of the molecule is O=C(NCc1nc(-c2cccc(Cl)c2)no1)c1ccc[nH]c1=O. The summed E-state index contributed by atoms with van der Waals surface area (Å²) < 4.78 is 5.07. The van der Waals surface area contributed by atoms with Gasteiger partial charge < -0.3 is 14.8 Å². The van der Waals surface area contributed by atoms with Crippen LogP contribution in [0.25, 0.3) is 11.4 Å². The van der Waals surface area contributed by atoms with Crippen LogP contribution in [0.15, 0.2) is 51.9 Å².